The van der Waals surface area contributed by atoms with Crippen LogP contribution in [0.1, 0.15) is 32.1 Å². The molecule has 2 aliphatic rings. The number of urea groups is 1. The first-order valence-electron chi connectivity index (χ1n) is 9.81. The number of nitrogens with one attached hydrogen (secondary N) is 1. The van der Waals surface area contributed by atoms with Crippen LogP contribution in [0.15, 0.2) is 54.6 Å². The zero-order chi connectivity index (χ0) is 20.4. The highest BCUT2D eigenvalue weighted by molar-refractivity contribution is 6.30. The minimum atomic E-state index is -0.793. The second kappa shape index (κ2) is 8.25. The quantitative estimate of drug-likeness (QED) is 0.739. The Hall–Kier alpha value is -2.86. The van der Waals surface area contributed by atoms with Gasteiger partial charge in [-0.15, -0.1) is 0 Å². The average molecular weight is 412 g/mol. The van der Waals surface area contributed by atoms with Crippen LogP contribution in [0.25, 0.3) is 0 Å². The predicted octanol–water partition coefficient (Wildman–Crippen LogP) is 4.45. The van der Waals surface area contributed by atoms with Gasteiger partial charge in [-0.3, -0.25) is 9.59 Å². The summed E-state index contributed by atoms with van der Waals surface area (Å²) in [6, 6.07) is 14.5. The molecule has 1 atom stereocenters. The first-order valence-corrected chi connectivity index (χ1v) is 10.2. The average Bonchev–Trinajstić information content (AvgIpc) is 3.31. The topological polar surface area (TPSA) is 69.7 Å². The van der Waals surface area contributed by atoms with Crippen LogP contribution in [0.2, 0.25) is 5.02 Å². The highest BCUT2D eigenvalue weighted by atomic mass is 35.5. The monoisotopic (exact) mass is 411 g/mol. The van der Waals surface area contributed by atoms with Crippen LogP contribution >= 0.6 is 11.6 Å². The van der Waals surface area contributed by atoms with E-state index in [4.69, 9.17) is 11.6 Å². The van der Waals surface area contributed by atoms with Crippen molar-refractivity contribution in [3.63, 3.8) is 0 Å². The number of para-hydroxylation sites is 1. The molecule has 2 aromatic carbocycles. The van der Waals surface area contributed by atoms with E-state index in [-0.39, 0.29) is 30.3 Å². The maximum Gasteiger partial charge on any atom is 0.332 e. The fourth-order valence-corrected chi connectivity index (χ4v) is 4.25. The molecule has 0 radical (unpaired) electrons. The fraction of sp³-hybridized carbons (Fsp3) is 0.318. The van der Waals surface area contributed by atoms with Gasteiger partial charge in [0, 0.05) is 16.8 Å². The van der Waals surface area contributed by atoms with E-state index < -0.39 is 6.04 Å². The zero-order valence-corrected chi connectivity index (χ0v) is 16.6. The largest absolute Gasteiger partial charge is 0.332 e. The number of hydrogen-bond acceptors (Lipinski definition) is 3. The van der Waals surface area contributed by atoms with Crippen LogP contribution in [-0.4, -0.2) is 34.8 Å². The third-order valence-corrected chi connectivity index (χ3v) is 5.74. The maximum atomic E-state index is 13.2. The van der Waals surface area contributed by atoms with Gasteiger partial charge in [-0.1, -0.05) is 42.6 Å². The number of hydrogen-bond donors (Lipinski definition) is 1. The van der Waals surface area contributed by atoms with E-state index in [1.165, 1.54) is 4.90 Å². The van der Waals surface area contributed by atoms with E-state index >= 15 is 0 Å². The molecule has 6 nitrogen and oxygen atoms in total. The Balaban J connectivity index is 1.56. The molecule has 29 heavy (non-hydrogen) atoms. The van der Waals surface area contributed by atoms with Gasteiger partial charge < -0.3 is 10.2 Å². The Labute approximate surface area is 174 Å². The molecule has 2 fully saturated rings. The van der Waals surface area contributed by atoms with Crippen LogP contribution in [0.5, 0.6) is 0 Å². The highest BCUT2D eigenvalue weighted by Gasteiger charge is 2.49. The van der Waals surface area contributed by atoms with E-state index in [0.29, 0.717) is 16.4 Å². The minimum Gasteiger partial charge on any atom is -0.326 e. The molecular formula is C22H22ClN3O3. The molecule has 1 aliphatic carbocycles. The number of nitrogens with zero attached hydrogens (tertiary/aromatic N) is 2. The number of rotatable bonds is 5. The van der Waals surface area contributed by atoms with E-state index in [1.807, 2.05) is 6.07 Å². The number of amides is 4. The lowest BCUT2D eigenvalue weighted by molar-refractivity contribution is -0.124. The predicted molar refractivity (Wildman–Crippen MR) is 112 cm³/mol. The molecule has 4 rings (SSSR count). The molecule has 0 unspecified atom stereocenters. The van der Waals surface area contributed by atoms with Crippen LogP contribution in [0, 0.1) is 0 Å². The standard InChI is InChI=1S/C22H22ClN3O3/c23-15-10-12-16(13-11-15)24-20(27)14-19-21(28)26(18-6-2-1-3-7-18)22(29)25(19)17-8-4-5-9-17/h1-3,6-7,10-13,17,19H,4-5,8-9,14H2,(H,24,27)/t19-/m0/s1. The van der Waals surface area contributed by atoms with Gasteiger partial charge in [0.2, 0.25) is 5.91 Å². The van der Waals surface area contributed by atoms with E-state index in [9.17, 15) is 14.4 Å². The SMILES string of the molecule is O=C(C[C@H]1C(=O)N(c2ccccc2)C(=O)N1C1CCCC1)Nc1ccc(Cl)cc1. The van der Waals surface area contributed by atoms with E-state index in [2.05, 4.69) is 5.32 Å². The summed E-state index contributed by atoms with van der Waals surface area (Å²) in [5.41, 5.74) is 1.13. The minimum absolute atomic E-state index is 0.00602. The van der Waals surface area contributed by atoms with Crippen LogP contribution < -0.4 is 10.2 Å². The molecule has 0 aromatic heterocycles. The summed E-state index contributed by atoms with van der Waals surface area (Å²) >= 11 is 5.88. The van der Waals surface area contributed by atoms with Crippen molar-refractivity contribution in [3.8, 4) is 0 Å². The third-order valence-electron chi connectivity index (χ3n) is 5.49. The summed E-state index contributed by atoms with van der Waals surface area (Å²) in [7, 11) is 0. The van der Waals surface area contributed by atoms with Crippen molar-refractivity contribution in [1.82, 2.24) is 4.90 Å². The lowest BCUT2D eigenvalue weighted by Crippen LogP contribution is -2.43. The summed E-state index contributed by atoms with van der Waals surface area (Å²) < 4.78 is 0. The Bertz CT molecular complexity index is 911. The van der Waals surface area contributed by atoms with Gasteiger partial charge in [0.1, 0.15) is 6.04 Å². The second-order valence-corrected chi connectivity index (χ2v) is 7.85. The molecule has 0 bridgehead atoms. The summed E-state index contributed by atoms with van der Waals surface area (Å²) in [5.74, 6) is -0.657. The maximum absolute atomic E-state index is 13.2. The van der Waals surface area contributed by atoms with Gasteiger partial charge in [-0.25, -0.2) is 9.69 Å². The first kappa shape index (κ1) is 19.5. The Morgan fingerprint density at radius 1 is 1.00 bits per heavy atom. The Kier molecular flexibility index (Phi) is 5.53. The van der Waals surface area contributed by atoms with Gasteiger partial charge in [0.05, 0.1) is 12.1 Å². The smallest absolute Gasteiger partial charge is 0.326 e. The van der Waals surface area contributed by atoms with Gasteiger partial charge in [-0.05, 0) is 49.2 Å². The van der Waals surface area contributed by atoms with Gasteiger partial charge >= 0.3 is 6.03 Å². The highest BCUT2D eigenvalue weighted by Crippen LogP contribution is 2.34. The normalized spacial score (nSPS) is 19.8. The van der Waals surface area contributed by atoms with Crippen molar-refractivity contribution < 1.29 is 14.4 Å². The van der Waals surface area contributed by atoms with Crippen molar-refractivity contribution in [2.24, 2.45) is 0 Å². The summed E-state index contributed by atoms with van der Waals surface area (Å²) in [4.78, 5) is 41.8. The summed E-state index contributed by atoms with van der Waals surface area (Å²) in [6.45, 7) is 0. The number of carbonyl (C=O) groups is 3. The number of carbonyl (C=O) groups excluding carboxylic acids is 3. The molecule has 4 amide bonds. The Morgan fingerprint density at radius 2 is 1.66 bits per heavy atom. The zero-order valence-electron chi connectivity index (χ0n) is 15.9. The lowest BCUT2D eigenvalue weighted by atomic mass is 10.1. The second-order valence-electron chi connectivity index (χ2n) is 7.41. The van der Waals surface area contributed by atoms with Gasteiger partial charge in [0.15, 0.2) is 0 Å². The molecule has 150 valence electrons. The number of benzene rings is 2. The van der Waals surface area contributed by atoms with Gasteiger partial charge in [-0.2, -0.15) is 0 Å². The van der Waals surface area contributed by atoms with Crippen molar-refractivity contribution in [1.29, 1.82) is 0 Å². The van der Waals surface area contributed by atoms with E-state index in [0.717, 1.165) is 25.7 Å². The van der Waals surface area contributed by atoms with Crippen LogP contribution in [0.3, 0.4) is 0 Å². The number of anilines is 2. The molecule has 2 aromatic rings. The summed E-state index contributed by atoms with van der Waals surface area (Å²) in [5, 5.41) is 3.37. The van der Waals surface area contributed by atoms with Crippen molar-refractivity contribution in [2.75, 3.05) is 10.2 Å². The molecule has 1 N–H and O–H groups in total. The van der Waals surface area contributed by atoms with Crippen molar-refractivity contribution in [2.45, 2.75) is 44.2 Å². The fourth-order valence-electron chi connectivity index (χ4n) is 4.13. The van der Waals surface area contributed by atoms with Crippen molar-refractivity contribution in [3.05, 3.63) is 59.6 Å². The van der Waals surface area contributed by atoms with E-state index in [1.54, 1.807) is 53.4 Å². The van der Waals surface area contributed by atoms with Crippen LogP contribution in [-0.2, 0) is 9.59 Å². The number of imide groups is 1. The molecule has 1 aliphatic heterocycles. The molecule has 1 saturated heterocycles. The lowest BCUT2D eigenvalue weighted by Gasteiger charge is -2.27. The Morgan fingerprint density at radius 3 is 2.31 bits per heavy atom. The van der Waals surface area contributed by atoms with Crippen molar-refractivity contribution >= 4 is 40.8 Å². The molecule has 1 saturated carbocycles. The molecule has 0 spiro atoms. The number of halogens is 1. The molecule has 1 heterocycles. The molecular weight excluding hydrogens is 390 g/mol. The summed E-state index contributed by atoms with van der Waals surface area (Å²) in [6.07, 6.45) is 3.69. The third kappa shape index (κ3) is 3.98. The van der Waals surface area contributed by atoms with Crippen LogP contribution in [0.4, 0.5) is 16.2 Å². The molecule has 7 heteroatoms. The van der Waals surface area contributed by atoms with Gasteiger partial charge in [0.25, 0.3) is 5.91 Å². The first-order chi connectivity index (χ1) is 14.0.